The van der Waals surface area contributed by atoms with Gasteiger partial charge in [0.25, 0.3) is 0 Å². The Hall–Kier alpha value is -1.75. The van der Waals surface area contributed by atoms with E-state index in [4.69, 9.17) is 16.3 Å². The summed E-state index contributed by atoms with van der Waals surface area (Å²) in [6.45, 7) is -0.488. The lowest BCUT2D eigenvalue weighted by Crippen LogP contribution is -2.03. The molecule has 0 fully saturated rings. The SMILES string of the molecule is Fc1cccc(COc2c(F)cc(CCl)cc2F)c1F. The first-order chi connectivity index (χ1) is 9.52. The summed E-state index contributed by atoms with van der Waals surface area (Å²) in [6.07, 6.45) is 0. The Labute approximate surface area is 117 Å². The molecule has 0 saturated heterocycles. The third-order valence-corrected chi connectivity index (χ3v) is 2.92. The predicted octanol–water partition coefficient (Wildman–Crippen LogP) is 4.56. The fourth-order valence-electron chi connectivity index (χ4n) is 1.64. The largest absolute Gasteiger partial charge is 0.483 e. The van der Waals surface area contributed by atoms with Crippen LogP contribution < -0.4 is 4.74 Å². The zero-order valence-corrected chi connectivity index (χ0v) is 10.9. The van der Waals surface area contributed by atoms with Crippen molar-refractivity contribution in [1.82, 2.24) is 0 Å². The predicted molar refractivity (Wildman–Crippen MR) is 66.6 cm³/mol. The Morgan fingerprint density at radius 2 is 1.60 bits per heavy atom. The minimum Gasteiger partial charge on any atom is -0.483 e. The summed E-state index contributed by atoms with van der Waals surface area (Å²) in [5, 5.41) is 0. The number of benzene rings is 2. The lowest BCUT2D eigenvalue weighted by atomic mass is 10.2. The molecule has 0 aliphatic carbocycles. The van der Waals surface area contributed by atoms with Crippen LogP contribution in [0.15, 0.2) is 30.3 Å². The molecule has 2 rings (SSSR count). The van der Waals surface area contributed by atoms with E-state index in [1.165, 1.54) is 12.1 Å². The Morgan fingerprint density at radius 1 is 0.950 bits per heavy atom. The van der Waals surface area contributed by atoms with Crippen molar-refractivity contribution in [2.45, 2.75) is 12.5 Å². The fourth-order valence-corrected chi connectivity index (χ4v) is 1.79. The van der Waals surface area contributed by atoms with Crippen LogP contribution >= 0.6 is 11.6 Å². The van der Waals surface area contributed by atoms with Crippen molar-refractivity contribution < 1.29 is 22.3 Å². The van der Waals surface area contributed by atoms with Gasteiger partial charge in [0.05, 0.1) is 0 Å². The lowest BCUT2D eigenvalue weighted by molar-refractivity contribution is 0.267. The topological polar surface area (TPSA) is 9.23 Å². The van der Waals surface area contributed by atoms with Crippen molar-refractivity contribution in [2.75, 3.05) is 0 Å². The van der Waals surface area contributed by atoms with Gasteiger partial charge in [0, 0.05) is 11.4 Å². The maximum absolute atomic E-state index is 13.6. The van der Waals surface area contributed by atoms with E-state index in [1.807, 2.05) is 0 Å². The summed E-state index contributed by atoms with van der Waals surface area (Å²) in [7, 11) is 0. The Kier molecular flexibility index (Phi) is 4.49. The van der Waals surface area contributed by atoms with Gasteiger partial charge < -0.3 is 4.74 Å². The van der Waals surface area contributed by atoms with Gasteiger partial charge in [0.15, 0.2) is 29.0 Å². The van der Waals surface area contributed by atoms with Crippen molar-refractivity contribution in [3.05, 3.63) is 64.7 Å². The molecule has 0 unspecified atom stereocenters. The Balaban J connectivity index is 2.21. The molecule has 0 saturated carbocycles. The first-order valence-corrected chi connectivity index (χ1v) is 6.16. The van der Waals surface area contributed by atoms with Gasteiger partial charge in [-0.3, -0.25) is 0 Å². The normalized spacial score (nSPS) is 10.7. The van der Waals surface area contributed by atoms with Crippen molar-refractivity contribution >= 4 is 11.6 Å². The molecular formula is C14H9ClF4O. The second kappa shape index (κ2) is 6.13. The highest BCUT2D eigenvalue weighted by molar-refractivity contribution is 6.17. The molecule has 6 heteroatoms. The second-order valence-electron chi connectivity index (χ2n) is 4.02. The van der Waals surface area contributed by atoms with Crippen molar-refractivity contribution in [3.8, 4) is 5.75 Å². The van der Waals surface area contributed by atoms with Crippen molar-refractivity contribution in [2.24, 2.45) is 0 Å². The lowest BCUT2D eigenvalue weighted by Gasteiger charge is -2.10. The summed E-state index contributed by atoms with van der Waals surface area (Å²) in [6, 6.07) is 5.53. The number of rotatable bonds is 4. The van der Waals surface area contributed by atoms with Gasteiger partial charge in [0.1, 0.15) is 6.61 Å². The minimum absolute atomic E-state index is 0.0490. The third-order valence-electron chi connectivity index (χ3n) is 2.62. The zero-order valence-electron chi connectivity index (χ0n) is 10.1. The molecule has 2 aromatic rings. The maximum atomic E-state index is 13.6. The minimum atomic E-state index is -1.11. The summed E-state index contributed by atoms with van der Waals surface area (Å²) >= 11 is 5.47. The molecule has 2 aromatic carbocycles. The van der Waals surface area contributed by atoms with E-state index in [-0.39, 0.29) is 17.0 Å². The molecular weight excluding hydrogens is 296 g/mol. The molecule has 20 heavy (non-hydrogen) atoms. The highest BCUT2D eigenvalue weighted by Gasteiger charge is 2.14. The van der Waals surface area contributed by atoms with E-state index < -0.39 is 35.6 Å². The number of halogens is 5. The second-order valence-corrected chi connectivity index (χ2v) is 4.29. The average molecular weight is 305 g/mol. The van der Waals surface area contributed by atoms with E-state index in [1.54, 1.807) is 0 Å². The summed E-state index contributed by atoms with van der Waals surface area (Å²) in [5.41, 5.74) is 0.121. The van der Waals surface area contributed by atoms with E-state index in [2.05, 4.69) is 0 Å². The molecule has 0 radical (unpaired) electrons. The van der Waals surface area contributed by atoms with E-state index >= 15 is 0 Å². The van der Waals surface area contributed by atoms with E-state index in [9.17, 15) is 17.6 Å². The van der Waals surface area contributed by atoms with Gasteiger partial charge >= 0.3 is 0 Å². The van der Waals surface area contributed by atoms with E-state index in [0.29, 0.717) is 0 Å². The summed E-state index contributed by atoms with van der Waals surface area (Å²) < 4.78 is 58.4. The molecule has 0 N–H and O–H groups in total. The van der Waals surface area contributed by atoms with Crippen LogP contribution in [0.25, 0.3) is 0 Å². The third kappa shape index (κ3) is 3.04. The van der Waals surface area contributed by atoms with Crippen LogP contribution in [0, 0.1) is 23.3 Å². The molecule has 0 aliphatic heterocycles. The maximum Gasteiger partial charge on any atom is 0.191 e. The highest BCUT2D eigenvalue weighted by Crippen LogP contribution is 2.25. The smallest absolute Gasteiger partial charge is 0.191 e. The van der Waals surface area contributed by atoms with Crippen LogP contribution in [0.4, 0.5) is 17.6 Å². The fraction of sp³-hybridized carbons (Fsp3) is 0.143. The average Bonchev–Trinajstić information content (AvgIpc) is 2.42. The zero-order chi connectivity index (χ0) is 14.7. The van der Waals surface area contributed by atoms with Crippen LogP contribution in [-0.2, 0) is 12.5 Å². The van der Waals surface area contributed by atoms with Crippen molar-refractivity contribution in [1.29, 1.82) is 0 Å². The molecule has 106 valence electrons. The highest BCUT2D eigenvalue weighted by atomic mass is 35.5. The first kappa shape index (κ1) is 14.7. The van der Waals surface area contributed by atoms with Gasteiger partial charge in [-0.05, 0) is 23.8 Å². The van der Waals surface area contributed by atoms with Crippen LogP contribution in [-0.4, -0.2) is 0 Å². The van der Waals surface area contributed by atoms with Gasteiger partial charge in [-0.25, -0.2) is 17.6 Å². The number of alkyl halides is 1. The quantitative estimate of drug-likeness (QED) is 0.594. The van der Waals surface area contributed by atoms with Gasteiger partial charge in [-0.2, -0.15) is 0 Å². The molecule has 0 atom stereocenters. The van der Waals surface area contributed by atoms with Gasteiger partial charge in [-0.15, -0.1) is 11.6 Å². The number of hydrogen-bond acceptors (Lipinski definition) is 1. The van der Waals surface area contributed by atoms with Crippen LogP contribution in [0.5, 0.6) is 5.75 Å². The standard InChI is InChI=1S/C14H9ClF4O/c15-6-8-4-11(17)14(12(18)5-8)20-7-9-2-1-3-10(16)13(9)19/h1-5H,6-7H2. The van der Waals surface area contributed by atoms with Gasteiger partial charge in [0.2, 0.25) is 0 Å². The molecule has 0 aromatic heterocycles. The van der Waals surface area contributed by atoms with Crippen LogP contribution in [0.2, 0.25) is 0 Å². The summed E-state index contributed by atoms with van der Waals surface area (Å²) in [5.74, 6) is -4.75. The summed E-state index contributed by atoms with van der Waals surface area (Å²) in [4.78, 5) is 0. The Bertz CT molecular complexity index is 608. The Morgan fingerprint density at radius 3 is 2.20 bits per heavy atom. The molecule has 0 spiro atoms. The molecule has 0 aliphatic rings. The number of ether oxygens (including phenoxy) is 1. The van der Waals surface area contributed by atoms with E-state index in [0.717, 1.165) is 18.2 Å². The first-order valence-electron chi connectivity index (χ1n) is 5.62. The molecule has 0 bridgehead atoms. The van der Waals surface area contributed by atoms with Crippen LogP contribution in [0.1, 0.15) is 11.1 Å². The van der Waals surface area contributed by atoms with Gasteiger partial charge in [-0.1, -0.05) is 12.1 Å². The van der Waals surface area contributed by atoms with Crippen LogP contribution in [0.3, 0.4) is 0 Å². The molecule has 0 amide bonds. The molecule has 1 nitrogen and oxygen atoms in total. The molecule has 0 heterocycles. The number of hydrogen-bond donors (Lipinski definition) is 0. The monoisotopic (exact) mass is 304 g/mol. The van der Waals surface area contributed by atoms with Crippen molar-refractivity contribution in [3.63, 3.8) is 0 Å².